The zero-order chi connectivity index (χ0) is 14.9. The molecule has 4 rings (SSSR count). The van der Waals surface area contributed by atoms with Gasteiger partial charge < -0.3 is 0 Å². The number of aromatic nitrogens is 3. The predicted octanol–water partition coefficient (Wildman–Crippen LogP) is 3.02. The van der Waals surface area contributed by atoms with E-state index in [0.717, 1.165) is 28.1 Å². The Kier molecular flexibility index (Phi) is 2.83. The summed E-state index contributed by atoms with van der Waals surface area (Å²) in [6.45, 7) is 0. The highest BCUT2D eigenvalue weighted by Gasteiger charge is 2.15. The van der Waals surface area contributed by atoms with Crippen molar-refractivity contribution in [2.24, 2.45) is 4.99 Å². The van der Waals surface area contributed by atoms with Crippen molar-refractivity contribution in [3.8, 4) is 11.3 Å². The average molecular weight is 288 g/mol. The smallest absolute Gasteiger partial charge is 0.271 e. The van der Waals surface area contributed by atoms with E-state index < -0.39 is 0 Å². The van der Waals surface area contributed by atoms with E-state index in [0.29, 0.717) is 5.56 Å². The normalized spacial score (nSPS) is 14.5. The molecule has 3 heterocycles. The summed E-state index contributed by atoms with van der Waals surface area (Å²) in [5.74, 6) is 0. The van der Waals surface area contributed by atoms with Gasteiger partial charge in [0, 0.05) is 35.3 Å². The Morgan fingerprint density at radius 2 is 1.82 bits per heavy atom. The van der Waals surface area contributed by atoms with E-state index in [1.807, 2.05) is 42.5 Å². The molecule has 1 aromatic carbocycles. The van der Waals surface area contributed by atoms with Crippen LogP contribution in [0.2, 0.25) is 0 Å². The van der Waals surface area contributed by atoms with Crippen LogP contribution in [0.3, 0.4) is 0 Å². The van der Waals surface area contributed by atoms with Crippen LogP contribution >= 0.6 is 0 Å². The number of nitrogens with one attached hydrogen (secondary N) is 2. The van der Waals surface area contributed by atoms with Crippen molar-refractivity contribution in [2.75, 3.05) is 0 Å². The summed E-state index contributed by atoms with van der Waals surface area (Å²) in [4.78, 5) is 20.5. The van der Waals surface area contributed by atoms with E-state index in [2.05, 4.69) is 20.2 Å². The lowest BCUT2D eigenvalue weighted by atomic mass is 10.0. The maximum absolute atomic E-state index is 12.1. The van der Waals surface area contributed by atoms with Gasteiger partial charge in [-0.15, -0.1) is 0 Å². The highest BCUT2D eigenvalue weighted by Crippen LogP contribution is 2.32. The molecule has 1 aliphatic rings. The molecule has 0 unspecified atom stereocenters. The lowest BCUT2D eigenvalue weighted by Gasteiger charge is -2.01. The van der Waals surface area contributed by atoms with Crippen LogP contribution in [0.5, 0.6) is 0 Å². The summed E-state index contributed by atoms with van der Waals surface area (Å²) in [5, 5.41) is 5.58. The highest BCUT2D eigenvalue weighted by atomic mass is 16.1. The SMILES string of the molecule is O=c1[nH][nH]c(-c2ccncc2)c1C=C1C=Nc2ccccc21. The minimum atomic E-state index is -0.155. The van der Waals surface area contributed by atoms with Crippen LogP contribution in [-0.2, 0) is 0 Å². The lowest BCUT2D eigenvalue weighted by Crippen LogP contribution is -2.02. The van der Waals surface area contributed by atoms with Gasteiger partial charge in [-0.05, 0) is 24.3 Å². The number of benzene rings is 1. The number of aliphatic imine (C=N–C) groups is 1. The number of nitrogens with zero attached hydrogens (tertiary/aromatic N) is 2. The third-order valence-corrected chi connectivity index (χ3v) is 3.64. The second-order valence-corrected chi connectivity index (χ2v) is 4.98. The molecule has 0 atom stereocenters. The van der Waals surface area contributed by atoms with Crippen LogP contribution in [0.4, 0.5) is 5.69 Å². The van der Waals surface area contributed by atoms with Crippen molar-refractivity contribution < 1.29 is 0 Å². The van der Waals surface area contributed by atoms with Gasteiger partial charge in [0.25, 0.3) is 5.56 Å². The van der Waals surface area contributed by atoms with Gasteiger partial charge in [-0.3, -0.25) is 25.0 Å². The Morgan fingerprint density at radius 3 is 2.68 bits per heavy atom. The van der Waals surface area contributed by atoms with Crippen LogP contribution in [0.25, 0.3) is 22.9 Å². The van der Waals surface area contributed by atoms with Crippen LogP contribution in [0.1, 0.15) is 11.1 Å². The van der Waals surface area contributed by atoms with Crippen LogP contribution in [0, 0.1) is 0 Å². The van der Waals surface area contributed by atoms with Crippen molar-refractivity contribution in [3.05, 3.63) is 70.3 Å². The second kappa shape index (κ2) is 4.96. The van der Waals surface area contributed by atoms with E-state index >= 15 is 0 Å². The molecule has 0 amide bonds. The van der Waals surface area contributed by atoms with E-state index in [9.17, 15) is 4.79 Å². The fourth-order valence-corrected chi connectivity index (χ4v) is 2.56. The molecule has 5 nitrogen and oxygen atoms in total. The van der Waals surface area contributed by atoms with Gasteiger partial charge in [0.15, 0.2) is 0 Å². The average Bonchev–Trinajstić information content (AvgIpc) is 3.14. The van der Waals surface area contributed by atoms with Gasteiger partial charge >= 0.3 is 0 Å². The largest absolute Gasteiger partial charge is 0.297 e. The molecule has 0 saturated carbocycles. The summed E-state index contributed by atoms with van der Waals surface area (Å²) < 4.78 is 0. The molecule has 1 aliphatic heterocycles. The maximum Gasteiger partial charge on any atom is 0.271 e. The summed E-state index contributed by atoms with van der Waals surface area (Å²) >= 11 is 0. The molecular weight excluding hydrogens is 276 g/mol. The van der Waals surface area contributed by atoms with E-state index in [1.165, 1.54) is 0 Å². The number of hydrogen-bond acceptors (Lipinski definition) is 3. The summed E-state index contributed by atoms with van der Waals surface area (Å²) in [7, 11) is 0. The van der Waals surface area contributed by atoms with Crippen LogP contribution in [0.15, 0.2) is 58.6 Å². The first-order valence-corrected chi connectivity index (χ1v) is 6.89. The maximum atomic E-state index is 12.1. The lowest BCUT2D eigenvalue weighted by molar-refractivity contribution is 1.06. The van der Waals surface area contributed by atoms with Crippen LogP contribution in [-0.4, -0.2) is 21.4 Å². The number of aromatic amines is 2. The molecule has 22 heavy (non-hydrogen) atoms. The monoisotopic (exact) mass is 288 g/mol. The summed E-state index contributed by atoms with van der Waals surface area (Å²) in [6, 6.07) is 11.6. The van der Waals surface area contributed by atoms with Gasteiger partial charge in [-0.25, -0.2) is 0 Å². The number of rotatable bonds is 2. The molecule has 3 aromatic rings. The Balaban J connectivity index is 1.86. The number of allylic oxidation sites excluding steroid dienone is 1. The quantitative estimate of drug-likeness (QED) is 0.760. The van der Waals surface area contributed by atoms with Gasteiger partial charge in [-0.1, -0.05) is 18.2 Å². The fourth-order valence-electron chi connectivity index (χ4n) is 2.56. The number of pyridine rings is 1. The van der Waals surface area contributed by atoms with E-state index in [4.69, 9.17) is 0 Å². The summed E-state index contributed by atoms with van der Waals surface area (Å²) in [5.41, 5.74) is 4.97. The molecule has 0 spiro atoms. The Hall–Kier alpha value is -3.21. The van der Waals surface area contributed by atoms with Gasteiger partial charge in [0.2, 0.25) is 0 Å². The molecule has 0 fully saturated rings. The molecular formula is C17H12N4O. The van der Waals surface area contributed by atoms with Crippen molar-refractivity contribution in [1.29, 1.82) is 0 Å². The topological polar surface area (TPSA) is 73.9 Å². The first-order chi connectivity index (χ1) is 10.8. The molecule has 106 valence electrons. The Bertz CT molecular complexity index is 948. The minimum Gasteiger partial charge on any atom is -0.297 e. The van der Waals surface area contributed by atoms with Crippen molar-refractivity contribution in [2.45, 2.75) is 0 Å². The Morgan fingerprint density at radius 1 is 1.00 bits per heavy atom. The van der Waals surface area contributed by atoms with Crippen molar-refractivity contribution in [3.63, 3.8) is 0 Å². The van der Waals surface area contributed by atoms with Gasteiger partial charge in [0.1, 0.15) is 0 Å². The second-order valence-electron chi connectivity index (χ2n) is 4.98. The third-order valence-electron chi connectivity index (χ3n) is 3.64. The van der Waals surface area contributed by atoms with Gasteiger partial charge in [0.05, 0.1) is 16.9 Å². The standard InChI is InChI=1S/C17H12N4O/c22-17-14(16(20-21-17)11-5-7-18-8-6-11)9-12-10-19-15-4-2-1-3-13(12)15/h1-10H,(H2,20,21,22). The molecule has 0 aliphatic carbocycles. The first kappa shape index (κ1) is 12.5. The van der Waals surface area contributed by atoms with Crippen molar-refractivity contribution in [1.82, 2.24) is 15.2 Å². The third kappa shape index (κ3) is 2.00. The Labute approximate surface area is 126 Å². The van der Waals surface area contributed by atoms with Crippen molar-refractivity contribution >= 4 is 23.6 Å². The molecule has 0 bridgehead atoms. The molecule has 0 radical (unpaired) electrons. The first-order valence-electron chi connectivity index (χ1n) is 6.89. The number of H-pyrrole nitrogens is 2. The van der Waals surface area contributed by atoms with Gasteiger partial charge in [-0.2, -0.15) is 0 Å². The fraction of sp³-hybridized carbons (Fsp3) is 0. The van der Waals surface area contributed by atoms with Crippen LogP contribution < -0.4 is 5.56 Å². The number of fused-ring (bicyclic) bond motifs is 1. The molecule has 2 aromatic heterocycles. The minimum absolute atomic E-state index is 0.155. The number of para-hydroxylation sites is 1. The zero-order valence-corrected chi connectivity index (χ0v) is 11.6. The molecule has 2 N–H and O–H groups in total. The molecule has 5 heteroatoms. The number of hydrogen-bond donors (Lipinski definition) is 2. The van der Waals surface area contributed by atoms with E-state index in [-0.39, 0.29) is 5.56 Å². The molecule has 0 saturated heterocycles. The van der Waals surface area contributed by atoms with E-state index in [1.54, 1.807) is 18.6 Å². The predicted molar refractivity (Wildman–Crippen MR) is 87.1 cm³/mol. The summed E-state index contributed by atoms with van der Waals surface area (Å²) in [6.07, 6.45) is 7.04. The highest BCUT2D eigenvalue weighted by molar-refractivity contribution is 6.21. The zero-order valence-electron chi connectivity index (χ0n) is 11.6.